The Labute approximate surface area is 100 Å². The van der Waals surface area contributed by atoms with Crippen molar-refractivity contribution >= 4 is 0 Å². The monoisotopic (exact) mass is 222 g/mol. The summed E-state index contributed by atoms with van der Waals surface area (Å²) in [5.74, 6) is 0. The predicted octanol–water partition coefficient (Wildman–Crippen LogP) is 3.33. The van der Waals surface area contributed by atoms with Gasteiger partial charge in [0.2, 0.25) is 0 Å². The number of rotatable bonds is 6. The second-order valence-electron chi connectivity index (χ2n) is 5.88. The average molecular weight is 222 g/mol. The standard InChI is InChI=1S/C14H26N2/c1-14(2,3)8-5-6-9-15-11-13-7-10-16(4)12-13/h7,10,12,15H,5-6,8-9,11H2,1-4H3. The fourth-order valence-electron chi connectivity index (χ4n) is 1.80. The quantitative estimate of drug-likeness (QED) is 0.731. The van der Waals surface area contributed by atoms with Gasteiger partial charge in [-0.3, -0.25) is 0 Å². The molecule has 0 radical (unpaired) electrons. The minimum atomic E-state index is 0.486. The summed E-state index contributed by atoms with van der Waals surface area (Å²) in [4.78, 5) is 0. The van der Waals surface area contributed by atoms with Crippen molar-refractivity contribution < 1.29 is 0 Å². The van der Waals surface area contributed by atoms with Crippen LogP contribution < -0.4 is 5.32 Å². The van der Waals surface area contributed by atoms with E-state index in [-0.39, 0.29) is 0 Å². The maximum absolute atomic E-state index is 3.49. The molecule has 16 heavy (non-hydrogen) atoms. The first-order valence-electron chi connectivity index (χ1n) is 6.29. The lowest BCUT2D eigenvalue weighted by Crippen LogP contribution is -2.15. The van der Waals surface area contributed by atoms with Crippen molar-refractivity contribution in [1.82, 2.24) is 9.88 Å². The number of aryl methyl sites for hydroxylation is 1. The summed E-state index contributed by atoms with van der Waals surface area (Å²) in [6.45, 7) is 9.06. The van der Waals surface area contributed by atoms with E-state index in [4.69, 9.17) is 0 Å². The molecule has 2 nitrogen and oxygen atoms in total. The van der Waals surface area contributed by atoms with Gasteiger partial charge in [-0.05, 0) is 36.4 Å². The molecule has 0 spiro atoms. The van der Waals surface area contributed by atoms with Gasteiger partial charge in [-0.15, -0.1) is 0 Å². The summed E-state index contributed by atoms with van der Waals surface area (Å²) in [7, 11) is 2.06. The summed E-state index contributed by atoms with van der Waals surface area (Å²) in [6.07, 6.45) is 8.19. The minimum Gasteiger partial charge on any atom is -0.357 e. The van der Waals surface area contributed by atoms with E-state index < -0.39 is 0 Å². The number of hydrogen-bond donors (Lipinski definition) is 1. The zero-order valence-electron chi connectivity index (χ0n) is 11.2. The van der Waals surface area contributed by atoms with E-state index in [1.807, 2.05) is 0 Å². The van der Waals surface area contributed by atoms with Crippen LogP contribution in [-0.2, 0) is 13.6 Å². The van der Waals surface area contributed by atoms with Crippen LogP contribution in [0.4, 0.5) is 0 Å². The second-order valence-corrected chi connectivity index (χ2v) is 5.88. The van der Waals surface area contributed by atoms with Gasteiger partial charge in [0.25, 0.3) is 0 Å². The highest BCUT2D eigenvalue weighted by atomic mass is 14.9. The number of unbranched alkanes of at least 4 members (excludes halogenated alkanes) is 1. The Balaban J connectivity index is 2.00. The molecule has 0 atom stereocenters. The molecule has 0 saturated carbocycles. The van der Waals surface area contributed by atoms with Gasteiger partial charge in [0.15, 0.2) is 0 Å². The Bertz CT molecular complexity index is 294. The van der Waals surface area contributed by atoms with Gasteiger partial charge in [-0.2, -0.15) is 0 Å². The largest absolute Gasteiger partial charge is 0.357 e. The topological polar surface area (TPSA) is 17.0 Å². The average Bonchev–Trinajstić information content (AvgIpc) is 2.56. The Morgan fingerprint density at radius 2 is 2.00 bits per heavy atom. The molecule has 1 aromatic rings. The molecule has 0 unspecified atom stereocenters. The smallest absolute Gasteiger partial charge is 0.0220 e. The number of nitrogens with one attached hydrogen (secondary N) is 1. The lowest BCUT2D eigenvalue weighted by atomic mass is 9.90. The van der Waals surface area contributed by atoms with Gasteiger partial charge < -0.3 is 9.88 Å². The lowest BCUT2D eigenvalue weighted by Gasteiger charge is -2.17. The maximum Gasteiger partial charge on any atom is 0.0220 e. The Morgan fingerprint density at radius 1 is 1.25 bits per heavy atom. The molecule has 2 heteroatoms. The van der Waals surface area contributed by atoms with E-state index >= 15 is 0 Å². The SMILES string of the molecule is Cn1ccc(CNCCCCC(C)(C)C)c1. The van der Waals surface area contributed by atoms with Crippen LogP contribution in [0.3, 0.4) is 0 Å². The van der Waals surface area contributed by atoms with Crippen molar-refractivity contribution in [2.45, 2.75) is 46.6 Å². The van der Waals surface area contributed by atoms with Crippen molar-refractivity contribution in [3.8, 4) is 0 Å². The predicted molar refractivity (Wildman–Crippen MR) is 70.4 cm³/mol. The lowest BCUT2D eigenvalue weighted by molar-refractivity contribution is 0.358. The Kier molecular flexibility index (Phi) is 5.07. The first-order chi connectivity index (χ1) is 7.47. The van der Waals surface area contributed by atoms with Crippen LogP contribution in [-0.4, -0.2) is 11.1 Å². The third-order valence-corrected chi connectivity index (χ3v) is 2.75. The highest BCUT2D eigenvalue weighted by Gasteiger charge is 2.08. The summed E-state index contributed by atoms with van der Waals surface area (Å²) < 4.78 is 2.09. The van der Waals surface area contributed by atoms with Crippen LogP contribution in [0.1, 0.15) is 45.6 Å². The molecule has 0 aliphatic heterocycles. The molecule has 0 fully saturated rings. The van der Waals surface area contributed by atoms with Crippen LogP contribution in [0, 0.1) is 5.41 Å². The van der Waals surface area contributed by atoms with Gasteiger partial charge in [0, 0.05) is 26.0 Å². The third-order valence-electron chi connectivity index (χ3n) is 2.75. The van der Waals surface area contributed by atoms with Crippen LogP contribution in [0.15, 0.2) is 18.5 Å². The van der Waals surface area contributed by atoms with Crippen molar-refractivity contribution in [3.05, 3.63) is 24.0 Å². The van der Waals surface area contributed by atoms with Crippen molar-refractivity contribution in [1.29, 1.82) is 0 Å². The number of hydrogen-bond acceptors (Lipinski definition) is 1. The molecule has 0 saturated heterocycles. The van der Waals surface area contributed by atoms with Crippen LogP contribution >= 0.6 is 0 Å². The fraction of sp³-hybridized carbons (Fsp3) is 0.714. The minimum absolute atomic E-state index is 0.486. The normalized spacial score (nSPS) is 12.0. The van der Waals surface area contributed by atoms with E-state index in [9.17, 15) is 0 Å². The molecule has 0 bridgehead atoms. The van der Waals surface area contributed by atoms with Gasteiger partial charge in [-0.1, -0.05) is 27.2 Å². The summed E-state index contributed by atoms with van der Waals surface area (Å²) in [6, 6.07) is 2.17. The second kappa shape index (κ2) is 6.09. The van der Waals surface area contributed by atoms with Crippen molar-refractivity contribution in [2.24, 2.45) is 12.5 Å². The number of nitrogens with zero attached hydrogens (tertiary/aromatic N) is 1. The zero-order chi connectivity index (χ0) is 12.0. The molecule has 0 aromatic carbocycles. The number of aromatic nitrogens is 1. The first kappa shape index (κ1) is 13.3. The molecule has 0 aliphatic carbocycles. The molecular formula is C14H26N2. The highest BCUT2D eigenvalue weighted by molar-refractivity contribution is 5.09. The van der Waals surface area contributed by atoms with Crippen LogP contribution in [0.2, 0.25) is 0 Å². The Morgan fingerprint density at radius 3 is 2.56 bits per heavy atom. The van der Waals surface area contributed by atoms with E-state index in [1.54, 1.807) is 0 Å². The van der Waals surface area contributed by atoms with Crippen LogP contribution in [0.5, 0.6) is 0 Å². The van der Waals surface area contributed by atoms with E-state index in [0.29, 0.717) is 5.41 Å². The molecule has 1 aromatic heterocycles. The zero-order valence-corrected chi connectivity index (χ0v) is 11.2. The maximum atomic E-state index is 3.49. The van der Waals surface area contributed by atoms with E-state index in [1.165, 1.54) is 24.8 Å². The summed E-state index contributed by atoms with van der Waals surface area (Å²) in [5, 5.41) is 3.49. The molecule has 1 heterocycles. The highest BCUT2D eigenvalue weighted by Crippen LogP contribution is 2.21. The first-order valence-corrected chi connectivity index (χ1v) is 6.29. The van der Waals surface area contributed by atoms with Gasteiger partial charge in [-0.25, -0.2) is 0 Å². The molecular weight excluding hydrogens is 196 g/mol. The molecule has 1 N–H and O–H groups in total. The van der Waals surface area contributed by atoms with Gasteiger partial charge >= 0.3 is 0 Å². The Hall–Kier alpha value is -0.760. The molecule has 0 amide bonds. The van der Waals surface area contributed by atoms with Gasteiger partial charge in [0.1, 0.15) is 0 Å². The molecule has 92 valence electrons. The summed E-state index contributed by atoms with van der Waals surface area (Å²) in [5.41, 5.74) is 1.86. The van der Waals surface area contributed by atoms with Gasteiger partial charge in [0.05, 0.1) is 0 Å². The molecule has 1 rings (SSSR count). The van der Waals surface area contributed by atoms with Crippen molar-refractivity contribution in [2.75, 3.05) is 6.54 Å². The van der Waals surface area contributed by atoms with Crippen LogP contribution in [0.25, 0.3) is 0 Å². The van der Waals surface area contributed by atoms with E-state index in [0.717, 1.165) is 13.1 Å². The third kappa shape index (κ3) is 5.96. The van der Waals surface area contributed by atoms with E-state index in [2.05, 4.69) is 56.2 Å². The molecule has 0 aliphatic rings. The summed E-state index contributed by atoms with van der Waals surface area (Å²) >= 11 is 0. The fourth-order valence-corrected chi connectivity index (χ4v) is 1.80. The van der Waals surface area contributed by atoms with Crippen molar-refractivity contribution in [3.63, 3.8) is 0 Å².